The highest BCUT2D eigenvalue weighted by Gasteiger charge is 2.40. The highest BCUT2D eigenvalue weighted by atomic mass is 32.1. The SMILES string of the molecule is CC1CCC(C)C(O)(c2cnsc2)C1. The van der Waals surface area contributed by atoms with Gasteiger partial charge in [-0.3, -0.25) is 0 Å². The second kappa shape index (κ2) is 3.63. The summed E-state index contributed by atoms with van der Waals surface area (Å²) in [5.41, 5.74) is 0.395. The number of aliphatic hydroxyl groups is 1. The summed E-state index contributed by atoms with van der Waals surface area (Å²) in [7, 11) is 0. The van der Waals surface area contributed by atoms with Crippen molar-refractivity contribution >= 4 is 11.5 Å². The molecule has 1 saturated carbocycles. The minimum Gasteiger partial charge on any atom is -0.385 e. The fraction of sp³-hybridized carbons (Fsp3) is 0.727. The van der Waals surface area contributed by atoms with Crippen molar-refractivity contribution in [3.63, 3.8) is 0 Å². The molecule has 78 valence electrons. The predicted octanol–water partition coefficient (Wildman–Crippen LogP) is 2.79. The van der Waals surface area contributed by atoms with Crippen molar-refractivity contribution in [2.24, 2.45) is 11.8 Å². The van der Waals surface area contributed by atoms with Gasteiger partial charge in [0.15, 0.2) is 0 Å². The first kappa shape index (κ1) is 10.1. The van der Waals surface area contributed by atoms with Crippen molar-refractivity contribution in [3.05, 3.63) is 17.1 Å². The van der Waals surface area contributed by atoms with Crippen molar-refractivity contribution in [1.82, 2.24) is 4.37 Å². The molecule has 1 fully saturated rings. The molecule has 0 aromatic carbocycles. The summed E-state index contributed by atoms with van der Waals surface area (Å²) in [6, 6.07) is 0. The minimum atomic E-state index is -0.620. The standard InChI is InChI=1S/C11H17NOS/c1-8-3-4-9(2)11(13,5-8)10-6-12-14-7-10/h6-9,13H,3-5H2,1-2H3. The number of hydrogen-bond acceptors (Lipinski definition) is 3. The summed E-state index contributed by atoms with van der Waals surface area (Å²) in [5, 5.41) is 12.6. The summed E-state index contributed by atoms with van der Waals surface area (Å²) in [5.74, 6) is 0.978. The molecule has 1 N–H and O–H groups in total. The normalized spacial score (nSPS) is 38.5. The zero-order valence-corrected chi connectivity index (χ0v) is 9.55. The molecule has 1 aliphatic carbocycles. The van der Waals surface area contributed by atoms with Crippen LogP contribution in [0.2, 0.25) is 0 Å². The molecule has 0 radical (unpaired) electrons. The van der Waals surface area contributed by atoms with E-state index in [0.717, 1.165) is 18.4 Å². The van der Waals surface area contributed by atoms with Crippen LogP contribution < -0.4 is 0 Å². The van der Waals surface area contributed by atoms with Gasteiger partial charge in [-0.25, -0.2) is 4.37 Å². The first-order valence-electron chi connectivity index (χ1n) is 5.25. The van der Waals surface area contributed by atoms with Crippen LogP contribution >= 0.6 is 11.5 Å². The molecule has 0 spiro atoms. The van der Waals surface area contributed by atoms with E-state index >= 15 is 0 Å². The molecule has 0 saturated heterocycles. The van der Waals surface area contributed by atoms with Crippen molar-refractivity contribution in [1.29, 1.82) is 0 Å². The lowest BCUT2D eigenvalue weighted by molar-refractivity contribution is -0.0625. The third kappa shape index (κ3) is 1.59. The molecule has 2 rings (SSSR count). The molecule has 1 aromatic rings. The highest BCUT2D eigenvalue weighted by Crippen LogP contribution is 2.43. The van der Waals surface area contributed by atoms with Gasteiger partial charge in [-0.2, -0.15) is 0 Å². The Labute approximate surface area is 89.1 Å². The molecule has 1 aliphatic rings. The average Bonchev–Trinajstić information content (AvgIpc) is 2.65. The van der Waals surface area contributed by atoms with Gasteiger partial charge in [-0.15, -0.1) is 0 Å². The first-order chi connectivity index (χ1) is 6.63. The number of aromatic nitrogens is 1. The van der Waals surface area contributed by atoms with E-state index in [1.54, 1.807) is 0 Å². The molecule has 2 nitrogen and oxygen atoms in total. The topological polar surface area (TPSA) is 33.1 Å². The molecule has 3 heteroatoms. The summed E-state index contributed by atoms with van der Waals surface area (Å²) in [6.45, 7) is 4.36. The van der Waals surface area contributed by atoms with Crippen LogP contribution in [-0.2, 0) is 5.60 Å². The van der Waals surface area contributed by atoms with E-state index < -0.39 is 5.60 Å². The average molecular weight is 211 g/mol. The van der Waals surface area contributed by atoms with Crippen LogP contribution in [-0.4, -0.2) is 9.48 Å². The molecule has 0 amide bonds. The Kier molecular flexibility index (Phi) is 2.62. The van der Waals surface area contributed by atoms with Gasteiger partial charge in [0.1, 0.15) is 0 Å². The van der Waals surface area contributed by atoms with Crippen LogP contribution in [0.25, 0.3) is 0 Å². The predicted molar refractivity (Wildman–Crippen MR) is 58.2 cm³/mol. The number of nitrogens with zero attached hydrogens (tertiary/aromatic N) is 1. The van der Waals surface area contributed by atoms with Crippen LogP contribution in [0.5, 0.6) is 0 Å². The quantitative estimate of drug-likeness (QED) is 0.775. The van der Waals surface area contributed by atoms with Gasteiger partial charge in [-0.1, -0.05) is 20.3 Å². The lowest BCUT2D eigenvalue weighted by atomic mass is 9.70. The van der Waals surface area contributed by atoms with Crippen LogP contribution in [0.1, 0.15) is 38.7 Å². The third-order valence-electron chi connectivity index (χ3n) is 3.50. The van der Waals surface area contributed by atoms with Gasteiger partial charge >= 0.3 is 0 Å². The van der Waals surface area contributed by atoms with Crippen molar-refractivity contribution < 1.29 is 5.11 Å². The fourth-order valence-electron chi connectivity index (χ4n) is 2.43. The number of rotatable bonds is 1. The molecule has 3 atom stereocenters. The Morgan fingerprint density at radius 3 is 2.93 bits per heavy atom. The van der Waals surface area contributed by atoms with Crippen LogP contribution in [0, 0.1) is 11.8 Å². The van der Waals surface area contributed by atoms with Gasteiger partial charge in [0.2, 0.25) is 0 Å². The second-order valence-electron chi connectivity index (χ2n) is 4.63. The van der Waals surface area contributed by atoms with E-state index in [4.69, 9.17) is 0 Å². The Morgan fingerprint density at radius 1 is 1.50 bits per heavy atom. The maximum atomic E-state index is 10.6. The zero-order valence-electron chi connectivity index (χ0n) is 8.73. The Morgan fingerprint density at radius 2 is 2.29 bits per heavy atom. The smallest absolute Gasteiger partial charge is 0.0947 e. The summed E-state index contributed by atoms with van der Waals surface area (Å²) in [4.78, 5) is 0. The van der Waals surface area contributed by atoms with Crippen molar-refractivity contribution in [2.45, 2.75) is 38.7 Å². The summed E-state index contributed by atoms with van der Waals surface area (Å²) < 4.78 is 4.08. The third-order valence-corrected chi connectivity index (χ3v) is 4.09. The molecule has 0 bridgehead atoms. The highest BCUT2D eigenvalue weighted by molar-refractivity contribution is 7.03. The molecule has 14 heavy (non-hydrogen) atoms. The monoisotopic (exact) mass is 211 g/mol. The lowest BCUT2D eigenvalue weighted by Crippen LogP contribution is -2.38. The zero-order chi connectivity index (χ0) is 10.2. The fourth-order valence-corrected chi connectivity index (χ4v) is 3.04. The maximum Gasteiger partial charge on any atom is 0.0947 e. The minimum absolute atomic E-state index is 0.357. The van der Waals surface area contributed by atoms with E-state index in [1.807, 2.05) is 11.6 Å². The molecular formula is C11H17NOS. The van der Waals surface area contributed by atoms with E-state index in [2.05, 4.69) is 18.2 Å². The van der Waals surface area contributed by atoms with Gasteiger partial charge in [0.05, 0.1) is 5.60 Å². The van der Waals surface area contributed by atoms with Crippen LogP contribution in [0.3, 0.4) is 0 Å². The van der Waals surface area contributed by atoms with E-state index in [0.29, 0.717) is 11.8 Å². The molecule has 1 heterocycles. The number of hydrogen-bond donors (Lipinski definition) is 1. The Hall–Kier alpha value is -0.410. The van der Waals surface area contributed by atoms with Crippen LogP contribution in [0.4, 0.5) is 0 Å². The van der Waals surface area contributed by atoms with Crippen LogP contribution in [0.15, 0.2) is 11.6 Å². The van der Waals surface area contributed by atoms with Gasteiger partial charge in [-0.05, 0) is 36.2 Å². The lowest BCUT2D eigenvalue weighted by Gasteiger charge is -2.40. The van der Waals surface area contributed by atoms with E-state index in [1.165, 1.54) is 18.0 Å². The van der Waals surface area contributed by atoms with Gasteiger partial charge in [0, 0.05) is 17.1 Å². The molecule has 0 aliphatic heterocycles. The summed E-state index contributed by atoms with van der Waals surface area (Å²) >= 11 is 1.43. The first-order valence-corrected chi connectivity index (χ1v) is 6.09. The summed E-state index contributed by atoms with van der Waals surface area (Å²) in [6.07, 6.45) is 5.06. The maximum absolute atomic E-state index is 10.6. The Balaban J connectivity index is 2.28. The molecule has 3 unspecified atom stereocenters. The molecular weight excluding hydrogens is 194 g/mol. The van der Waals surface area contributed by atoms with Crippen molar-refractivity contribution in [3.8, 4) is 0 Å². The van der Waals surface area contributed by atoms with Gasteiger partial charge in [0.25, 0.3) is 0 Å². The second-order valence-corrected chi connectivity index (χ2v) is 5.28. The van der Waals surface area contributed by atoms with E-state index in [9.17, 15) is 5.11 Å². The van der Waals surface area contributed by atoms with Crippen molar-refractivity contribution in [2.75, 3.05) is 0 Å². The largest absolute Gasteiger partial charge is 0.385 e. The molecule has 1 aromatic heterocycles. The van der Waals surface area contributed by atoms with E-state index in [-0.39, 0.29) is 0 Å². The Bertz CT molecular complexity index is 298. The van der Waals surface area contributed by atoms with Gasteiger partial charge < -0.3 is 5.11 Å².